The molecule has 2 heterocycles. The molecule has 0 radical (unpaired) electrons. The van der Waals surface area contributed by atoms with Gasteiger partial charge < -0.3 is 0 Å². The van der Waals surface area contributed by atoms with Crippen molar-refractivity contribution in [2.24, 2.45) is 0 Å². The molecular weight excluding hydrogens is 236 g/mol. The highest BCUT2D eigenvalue weighted by atomic mass is 14.9. The molecule has 2 rings (SSSR count). The Hall–Kier alpha value is -1.84. The third kappa shape index (κ3) is 3.56. The van der Waals surface area contributed by atoms with E-state index in [4.69, 9.17) is 0 Å². The first-order valence-electron chi connectivity index (χ1n) is 6.66. The van der Waals surface area contributed by atoms with Crippen LogP contribution in [0.1, 0.15) is 55.5 Å². The van der Waals surface area contributed by atoms with Gasteiger partial charge in [0, 0.05) is 36.1 Å². The Balaban J connectivity index is 2.12. The van der Waals surface area contributed by atoms with Crippen LogP contribution in [-0.2, 0) is 6.42 Å². The Bertz CT molecular complexity index is 534. The Morgan fingerprint density at radius 3 is 2.32 bits per heavy atom. The Morgan fingerprint density at radius 1 is 1.00 bits per heavy atom. The van der Waals surface area contributed by atoms with Crippen molar-refractivity contribution in [3.05, 3.63) is 47.6 Å². The molecule has 1 atom stereocenters. The number of rotatable bonds is 4. The second kappa shape index (κ2) is 5.87. The maximum Gasteiger partial charge on any atom is 0.131 e. The fourth-order valence-electron chi connectivity index (χ4n) is 1.87. The first-order valence-corrected chi connectivity index (χ1v) is 6.66. The monoisotopic (exact) mass is 256 g/mol. The molecule has 0 aliphatic rings. The quantitative estimate of drug-likeness (QED) is 0.843. The van der Waals surface area contributed by atoms with Crippen molar-refractivity contribution in [1.29, 1.82) is 0 Å². The summed E-state index contributed by atoms with van der Waals surface area (Å²) in [6.07, 6.45) is 6.39. The van der Waals surface area contributed by atoms with Crippen molar-refractivity contribution in [2.75, 3.05) is 0 Å². The van der Waals surface area contributed by atoms with Gasteiger partial charge in [-0.05, 0) is 25.0 Å². The minimum Gasteiger partial charge on any atom is -0.241 e. The van der Waals surface area contributed by atoms with Gasteiger partial charge in [0.05, 0.1) is 0 Å². The van der Waals surface area contributed by atoms with E-state index in [1.165, 1.54) is 0 Å². The summed E-state index contributed by atoms with van der Waals surface area (Å²) in [6, 6.07) is 1.97. The summed E-state index contributed by atoms with van der Waals surface area (Å²) in [5.74, 6) is 2.38. The lowest BCUT2D eigenvalue weighted by Crippen LogP contribution is -2.07. The van der Waals surface area contributed by atoms with Gasteiger partial charge in [0.25, 0.3) is 0 Å². The van der Waals surface area contributed by atoms with Gasteiger partial charge in [0.2, 0.25) is 0 Å². The summed E-state index contributed by atoms with van der Waals surface area (Å²) in [7, 11) is 0. The second-order valence-electron chi connectivity index (χ2n) is 5.28. The lowest BCUT2D eigenvalue weighted by molar-refractivity contribution is 0.669. The third-order valence-corrected chi connectivity index (χ3v) is 3.01. The van der Waals surface area contributed by atoms with Gasteiger partial charge >= 0.3 is 0 Å². The van der Waals surface area contributed by atoms with Crippen molar-refractivity contribution in [3.8, 4) is 0 Å². The fraction of sp³-hybridized carbons (Fsp3) is 0.467. The molecule has 0 bridgehead atoms. The molecule has 0 amide bonds. The summed E-state index contributed by atoms with van der Waals surface area (Å²) in [5, 5.41) is 0. The minimum absolute atomic E-state index is 0.260. The van der Waals surface area contributed by atoms with Gasteiger partial charge in [-0.3, -0.25) is 0 Å². The summed E-state index contributed by atoms with van der Waals surface area (Å²) in [5.41, 5.74) is 2.13. The van der Waals surface area contributed by atoms with Crippen molar-refractivity contribution < 1.29 is 0 Å². The highest BCUT2D eigenvalue weighted by Gasteiger charge is 2.11. The lowest BCUT2D eigenvalue weighted by atomic mass is 10.0. The average Bonchev–Trinajstić information content (AvgIpc) is 2.39. The summed E-state index contributed by atoms with van der Waals surface area (Å²) in [6.45, 7) is 8.33. The zero-order valence-electron chi connectivity index (χ0n) is 12.0. The summed E-state index contributed by atoms with van der Waals surface area (Å²) < 4.78 is 0. The third-order valence-electron chi connectivity index (χ3n) is 3.01. The van der Waals surface area contributed by atoms with E-state index in [2.05, 4.69) is 40.7 Å². The molecule has 0 aromatic carbocycles. The van der Waals surface area contributed by atoms with Crippen LogP contribution in [0.4, 0.5) is 0 Å². The standard InChI is InChI=1S/C15H20N4/c1-10(2)14-16-6-5-13(19-14)7-12(4)15-17-8-11(3)9-18-15/h5-6,8-10,12H,7H2,1-4H3. The van der Waals surface area contributed by atoms with Crippen LogP contribution in [0.5, 0.6) is 0 Å². The maximum atomic E-state index is 4.59. The predicted molar refractivity (Wildman–Crippen MR) is 75.0 cm³/mol. The van der Waals surface area contributed by atoms with Crippen molar-refractivity contribution >= 4 is 0 Å². The van der Waals surface area contributed by atoms with Crippen molar-refractivity contribution in [1.82, 2.24) is 19.9 Å². The number of aromatic nitrogens is 4. The molecule has 2 aromatic heterocycles. The Labute approximate surface area is 114 Å². The van der Waals surface area contributed by atoms with Crippen LogP contribution in [0, 0.1) is 6.92 Å². The predicted octanol–water partition coefficient (Wildman–Crippen LogP) is 3.04. The summed E-state index contributed by atoms with van der Waals surface area (Å²) in [4.78, 5) is 17.6. The van der Waals surface area contributed by atoms with Crippen LogP contribution in [0.3, 0.4) is 0 Å². The summed E-state index contributed by atoms with van der Waals surface area (Å²) >= 11 is 0. The molecule has 0 saturated carbocycles. The molecule has 100 valence electrons. The molecule has 2 aromatic rings. The van der Waals surface area contributed by atoms with Crippen LogP contribution in [0.25, 0.3) is 0 Å². The van der Waals surface area contributed by atoms with Gasteiger partial charge in [-0.1, -0.05) is 20.8 Å². The number of hydrogen-bond acceptors (Lipinski definition) is 4. The highest BCUT2D eigenvalue weighted by molar-refractivity contribution is 5.10. The zero-order chi connectivity index (χ0) is 13.8. The van der Waals surface area contributed by atoms with E-state index in [0.717, 1.165) is 29.3 Å². The van der Waals surface area contributed by atoms with Gasteiger partial charge in [-0.2, -0.15) is 0 Å². The number of aryl methyl sites for hydroxylation is 1. The largest absolute Gasteiger partial charge is 0.241 e. The molecule has 4 heteroatoms. The first-order chi connectivity index (χ1) is 9.06. The van der Waals surface area contributed by atoms with Crippen LogP contribution in [-0.4, -0.2) is 19.9 Å². The van der Waals surface area contributed by atoms with Gasteiger partial charge in [0.15, 0.2) is 0 Å². The van der Waals surface area contributed by atoms with E-state index in [-0.39, 0.29) is 5.92 Å². The van der Waals surface area contributed by atoms with E-state index in [1.54, 1.807) is 0 Å². The SMILES string of the molecule is Cc1cnc(C(C)Cc2ccnc(C(C)C)n2)nc1. The smallest absolute Gasteiger partial charge is 0.131 e. The number of nitrogens with zero attached hydrogens (tertiary/aromatic N) is 4. The Kier molecular flexibility index (Phi) is 4.20. The zero-order valence-corrected chi connectivity index (χ0v) is 12.0. The molecule has 0 fully saturated rings. The van der Waals surface area contributed by atoms with E-state index in [1.807, 2.05) is 31.6 Å². The molecule has 0 spiro atoms. The molecular formula is C15H20N4. The van der Waals surface area contributed by atoms with Gasteiger partial charge in [0.1, 0.15) is 11.6 Å². The van der Waals surface area contributed by atoms with Crippen molar-refractivity contribution in [2.45, 2.75) is 46.0 Å². The molecule has 19 heavy (non-hydrogen) atoms. The van der Waals surface area contributed by atoms with E-state index in [9.17, 15) is 0 Å². The van der Waals surface area contributed by atoms with Crippen LogP contribution >= 0.6 is 0 Å². The second-order valence-corrected chi connectivity index (χ2v) is 5.28. The number of hydrogen-bond donors (Lipinski definition) is 0. The lowest BCUT2D eigenvalue weighted by Gasteiger charge is -2.11. The van der Waals surface area contributed by atoms with Crippen LogP contribution in [0.15, 0.2) is 24.7 Å². The van der Waals surface area contributed by atoms with Gasteiger partial charge in [-0.25, -0.2) is 19.9 Å². The molecule has 0 aliphatic heterocycles. The average molecular weight is 256 g/mol. The van der Waals surface area contributed by atoms with Crippen LogP contribution in [0.2, 0.25) is 0 Å². The molecule has 1 unspecified atom stereocenters. The van der Waals surface area contributed by atoms with Gasteiger partial charge in [-0.15, -0.1) is 0 Å². The van der Waals surface area contributed by atoms with E-state index in [0.29, 0.717) is 5.92 Å². The Morgan fingerprint density at radius 2 is 1.68 bits per heavy atom. The van der Waals surface area contributed by atoms with E-state index < -0.39 is 0 Å². The molecule has 0 aliphatic carbocycles. The first kappa shape index (κ1) is 13.6. The fourth-order valence-corrected chi connectivity index (χ4v) is 1.87. The van der Waals surface area contributed by atoms with Crippen molar-refractivity contribution in [3.63, 3.8) is 0 Å². The molecule has 0 saturated heterocycles. The maximum absolute atomic E-state index is 4.59. The normalized spacial score (nSPS) is 12.7. The van der Waals surface area contributed by atoms with Crippen LogP contribution < -0.4 is 0 Å². The minimum atomic E-state index is 0.260. The van der Waals surface area contributed by atoms with E-state index >= 15 is 0 Å². The topological polar surface area (TPSA) is 51.6 Å². The molecule has 4 nitrogen and oxygen atoms in total. The molecule has 0 N–H and O–H groups in total. The highest BCUT2D eigenvalue weighted by Crippen LogP contribution is 2.17.